The third-order valence-corrected chi connectivity index (χ3v) is 3.24. The number of halogens is 4. The molecule has 1 nitrogen and oxygen atoms in total. The summed E-state index contributed by atoms with van der Waals surface area (Å²) in [4.78, 5) is 0.394. The Morgan fingerprint density at radius 3 is 2.59 bits per heavy atom. The molecule has 17 heavy (non-hydrogen) atoms. The molecule has 0 aliphatic heterocycles. The average molecular weight is 345 g/mol. The van der Waals surface area contributed by atoms with Crippen molar-refractivity contribution in [1.82, 2.24) is 0 Å². The zero-order chi connectivity index (χ0) is 13.1. The smallest absolute Gasteiger partial charge is 0.416 e. The normalized spacial score (nSPS) is 11.4. The van der Waals surface area contributed by atoms with E-state index in [9.17, 15) is 13.2 Å². The standard InChI is InChI=1S/C10H8BrF3OS2/c1-2-15-9(16)17-8-4-6(10(12,13)14)3-7(11)5-8/h3-5H,2H2,1H3. The highest BCUT2D eigenvalue weighted by Crippen LogP contribution is 2.35. The van der Waals surface area contributed by atoms with Crippen molar-refractivity contribution in [2.24, 2.45) is 0 Å². The zero-order valence-electron chi connectivity index (χ0n) is 8.68. The van der Waals surface area contributed by atoms with Crippen molar-refractivity contribution < 1.29 is 17.9 Å². The Labute approximate surface area is 115 Å². The number of hydrogen-bond donors (Lipinski definition) is 0. The Kier molecular flexibility index (Phi) is 5.27. The maximum Gasteiger partial charge on any atom is 0.416 e. The summed E-state index contributed by atoms with van der Waals surface area (Å²) in [5, 5.41) is 0. The molecule has 0 aliphatic rings. The number of thiocarbonyl (C=S) groups is 1. The molecule has 1 rings (SSSR count). The van der Waals surface area contributed by atoms with Crippen molar-refractivity contribution in [2.75, 3.05) is 6.61 Å². The van der Waals surface area contributed by atoms with Crippen LogP contribution < -0.4 is 0 Å². The molecule has 0 atom stereocenters. The molecular formula is C10H8BrF3OS2. The molecule has 0 fully saturated rings. The van der Waals surface area contributed by atoms with Gasteiger partial charge in [-0.1, -0.05) is 15.9 Å². The van der Waals surface area contributed by atoms with Crippen LogP contribution in [0.5, 0.6) is 0 Å². The van der Waals surface area contributed by atoms with Gasteiger partial charge in [0.25, 0.3) is 0 Å². The molecule has 0 saturated carbocycles. The lowest BCUT2D eigenvalue weighted by Gasteiger charge is -2.10. The summed E-state index contributed by atoms with van der Waals surface area (Å²) in [5.41, 5.74) is -0.714. The Hall–Kier alpha value is -0.270. The molecule has 0 aromatic heterocycles. The van der Waals surface area contributed by atoms with Crippen molar-refractivity contribution >= 4 is 44.3 Å². The minimum atomic E-state index is -4.37. The highest BCUT2D eigenvalue weighted by atomic mass is 79.9. The van der Waals surface area contributed by atoms with E-state index in [4.69, 9.17) is 17.0 Å². The third kappa shape index (κ3) is 4.85. The van der Waals surface area contributed by atoms with Gasteiger partial charge in [0.1, 0.15) is 0 Å². The molecule has 0 N–H and O–H groups in total. The Balaban J connectivity index is 2.94. The molecule has 0 unspecified atom stereocenters. The molecule has 94 valence electrons. The Morgan fingerprint density at radius 2 is 2.06 bits per heavy atom. The van der Waals surface area contributed by atoms with Gasteiger partial charge >= 0.3 is 6.18 Å². The molecule has 0 amide bonds. The lowest BCUT2D eigenvalue weighted by molar-refractivity contribution is -0.137. The van der Waals surface area contributed by atoms with Gasteiger partial charge in [-0.05, 0) is 49.1 Å². The summed E-state index contributed by atoms with van der Waals surface area (Å²) in [6, 6.07) is 3.62. The van der Waals surface area contributed by atoms with Gasteiger partial charge in [-0.25, -0.2) is 0 Å². The van der Waals surface area contributed by atoms with Crippen molar-refractivity contribution in [3.05, 3.63) is 28.2 Å². The number of alkyl halides is 3. The SMILES string of the molecule is CCOC(=S)Sc1cc(Br)cc(C(F)(F)F)c1. The van der Waals surface area contributed by atoms with Crippen LogP contribution in [-0.4, -0.2) is 11.0 Å². The lowest BCUT2D eigenvalue weighted by atomic mass is 10.2. The molecule has 1 aromatic carbocycles. The van der Waals surface area contributed by atoms with Gasteiger partial charge in [-0.3, -0.25) is 0 Å². The van der Waals surface area contributed by atoms with E-state index in [1.165, 1.54) is 0 Å². The highest BCUT2D eigenvalue weighted by molar-refractivity contribution is 9.10. The van der Waals surface area contributed by atoms with Crippen LogP contribution in [0.3, 0.4) is 0 Å². The van der Waals surface area contributed by atoms with Crippen molar-refractivity contribution in [1.29, 1.82) is 0 Å². The largest absolute Gasteiger partial charge is 0.479 e. The Bertz CT molecular complexity index is 421. The number of thioether (sulfide) groups is 1. The van der Waals surface area contributed by atoms with Crippen molar-refractivity contribution in [2.45, 2.75) is 18.0 Å². The molecule has 0 heterocycles. The Morgan fingerprint density at radius 1 is 1.41 bits per heavy atom. The van der Waals surface area contributed by atoms with Gasteiger partial charge in [0.2, 0.25) is 4.38 Å². The monoisotopic (exact) mass is 344 g/mol. The lowest BCUT2D eigenvalue weighted by Crippen LogP contribution is -2.05. The second kappa shape index (κ2) is 6.06. The summed E-state index contributed by atoms with van der Waals surface area (Å²) < 4.78 is 43.2. The van der Waals surface area contributed by atoms with Crippen LogP contribution in [0, 0.1) is 0 Å². The number of ether oxygens (including phenoxy) is 1. The van der Waals surface area contributed by atoms with Crippen molar-refractivity contribution in [3.63, 3.8) is 0 Å². The van der Waals surface area contributed by atoms with Crippen molar-refractivity contribution in [3.8, 4) is 0 Å². The number of benzene rings is 1. The second-order valence-electron chi connectivity index (χ2n) is 2.96. The van der Waals surface area contributed by atoms with Gasteiger partial charge in [-0.15, -0.1) is 0 Å². The topological polar surface area (TPSA) is 9.23 Å². The first-order valence-electron chi connectivity index (χ1n) is 4.55. The van der Waals surface area contributed by atoms with Crippen LogP contribution in [0.1, 0.15) is 12.5 Å². The van der Waals surface area contributed by atoms with E-state index >= 15 is 0 Å². The van der Waals surface area contributed by atoms with Crippen LogP contribution in [-0.2, 0) is 10.9 Å². The average Bonchev–Trinajstić information content (AvgIpc) is 2.15. The quantitative estimate of drug-likeness (QED) is 0.558. The minimum absolute atomic E-state index is 0.207. The molecule has 0 radical (unpaired) electrons. The van der Waals surface area contributed by atoms with E-state index in [0.29, 0.717) is 16.0 Å². The highest BCUT2D eigenvalue weighted by Gasteiger charge is 2.31. The molecule has 0 bridgehead atoms. The van der Waals surface area contributed by atoms with Crippen LogP contribution in [0.25, 0.3) is 0 Å². The summed E-state index contributed by atoms with van der Waals surface area (Å²) in [6.45, 7) is 2.15. The first-order chi connectivity index (χ1) is 7.82. The van der Waals surface area contributed by atoms with Crippen LogP contribution in [0.2, 0.25) is 0 Å². The van der Waals surface area contributed by atoms with Crippen LogP contribution >= 0.6 is 39.9 Å². The maximum absolute atomic E-state index is 12.5. The predicted molar refractivity (Wildman–Crippen MR) is 69.2 cm³/mol. The van der Waals surface area contributed by atoms with E-state index in [1.54, 1.807) is 13.0 Å². The van der Waals surface area contributed by atoms with Crippen LogP contribution in [0.15, 0.2) is 27.6 Å². The number of hydrogen-bond acceptors (Lipinski definition) is 3. The fourth-order valence-corrected chi connectivity index (χ4v) is 2.82. The van der Waals surface area contributed by atoms with Gasteiger partial charge in [-0.2, -0.15) is 13.2 Å². The van der Waals surface area contributed by atoms with E-state index in [1.807, 2.05) is 0 Å². The van der Waals surface area contributed by atoms with Gasteiger partial charge in [0.05, 0.1) is 12.2 Å². The van der Waals surface area contributed by atoms with Crippen LogP contribution in [0.4, 0.5) is 13.2 Å². The van der Waals surface area contributed by atoms with E-state index < -0.39 is 11.7 Å². The summed E-state index contributed by atoms with van der Waals surface area (Å²) in [5.74, 6) is 0. The van der Waals surface area contributed by atoms with Gasteiger partial charge < -0.3 is 4.74 Å². The molecular weight excluding hydrogens is 337 g/mol. The maximum atomic E-state index is 12.5. The third-order valence-electron chi connectivity index (χ3n) is 1.66. The fourth-order valence-electron chi connectivity index (χ4n) is 1.03. The van der Waals surface area contributed by atoms with Gasteiger partial charge in [0.15, 0.2) is 0 Å². The first kappa shape index (κ1) is 14.8. The molecule has 7 heteroatoms. The van der Waals surface area contributed by atoms with E-state index in [-0.39, 0.29) is 4.38 Å². The zero-order valence-corrected chi connectivity index (χ0v) is 11.9. The summed E-state index contributed by atoms with van der Waals surface area (Å²) >= 11 is 8.89. The predicted octanol–water partition coefficient (Wildman–Crippen LogP) is 4.88. The summed E-state index contributed by atoms with van der Waals surface area (Å²) in [6.07, 6.45) is -4.37. The molecule has 0 saturated heterocycles. The van der Waals surface area contributed by atoms with E-state index in [2.05, 4.69) is 15.9 Å². The van der Waals surface area contributed by atoms with E-state index in [0.717, 1.165) is 23.9 Å². The fraction of sp³-hybridized carbons (Fsp3) is 0.300. The second-order valence-corrected chi connectivity index (χ2v) is 5.55. The summed E-state index contributed by atoms with van der Waals surface area (Å²) in [7, 11) is 0. The van der Waals surface area contributed by atoms with Gasteiger partial charge in [0, 0.05) is 9.37 Å². The molecule has 1 aromatic rings. The first-order valence-corrected chi connectivity index (χ1v) is 6.57. The molecule has 0 spiro atoms. The number of rotatable bonds is 2. The molecule has 0 aliphatic carbocycles. The minimum Gasteiger partial charge on any atom is -0.479 e.